The van der Waals surface area contributed by atoms with Crippen LogP contribution in [0.15, 0.2) is 24.3 Å². The van der Waals surface area contributed by atoms with Crippen LogP contribution in [-0.4, -0.2) is 17.0 Å². The van der Waals surface area contributed by atoms with E-state index in [0.717, 1.165) is 24.7 Å². The summed E-state index contributed by atoms with van der Waals surface area (Å²) in [6.07, 6.45) is 2.17. The minimum absolute atomic E-state index is 0.324. The van der Waals surface area contributed by atoms with Crippen molar-refractivity contribution in [1.82, 2.24) is 9.97 Å². The molecule has 0 radical (unpaired) electrons. The van der Waals surface area contributed by atoms with Gasteiger partial charge >= 0.3 is 0 Å². The fraction of sp³-hybridized carbons (Fsp3) is 0.286. The third-order valence-corrected chi connectivity index (χ3v) is 3.08. The van der Waals surface area contributed by atoms with E-state index in [1.54, 1.807) is 13.1 Å². The number of nitrogens with zero attached hydrogens (tertiary/aromatic N) is 2. The first-order valence-corrected chi connectivity index (χ1v) is 6.44. The van der Waals surface area contributed by atoms with E-state index in [9.17, 15) is 8.78 Å². The third kappa shape index (κ3) is 2.84. The summed E-state index contributed by atoms with van der Waals surface area (Å²) in [5, 5.41) is 5.87. The molecule has 0 bridgehead atoms. The van der Waals surface area contributed by atoms with Crippen LogP contribution < -0.4 is 10.6 Å². The molecule has 3 rings (SSSR count). The highest BCUT2D eigenvalue weighted by molar-refractivity contribution is 5.59. The smallest absolute Gasteiger partial charge is 0.136 e. The lowest BCUT2D eigenvalue weighted by Gasteiger charge is -2.09. The summed E-state index contributed by atoms with van der Waals surface area (Å²) in [6.45, 7) is 0. The molecule has 1 aromatic heterocycles. The zero-order valence-electron chi connectivity index (χ0n) is 11.0. The fourth-order valence-electron chi connectivity index (χ4n) is 1.96. The van der Waals surface area contributed by atoms with Crippen molar-refractivity contribution in [3.63, 3.8) is 0 Å². The molecule has 2 N–H and O–H groups in total. The highest BCUT2D eigenvalue weighted by Gasteiger charge is 2.27. The Kier molecular flexibility index (Phi) is 3.22. The largest absolute Gasteiger partial charge is 0.373 e. The molecule has 0 aliphatic heterocycles. The van der Waals surface area contributed by atoms with Crippen molar-refractivity contribution in [2.45, 2.75) is 18.8 Å². The van der Waals surface area contributed by atoms with Gasteiger partial charge in [-0.25, -0.2) is 18.7 Å². The second-order valence-corrected chi connectivity index (χ2v) is 4.80. The fourth-order valence-corrected chi connectivity index (χ4v) is 1.96. The third-order valence-electron chi connectivity index (χ3n) is 3.08. The predicted octanol–water partition coefficient (Wildman–Crippen LogP) is 3.42. The molecular weight excluding hydrogens is 262 g/mol. The number of halogens is 2. The van der Waals surface area contributed by atoms with Gasteiger partial charge in [0.1, 0.15) is 29.1 Å². The van der Waals surface area contributed by atoms with Gasteiger partial charge in [0.2, 0.25) is 0 Å². The molecule has 1 heterocycles. The monoisotopic (exact) mass is 276 g/mol. The highest BCUT2D eigenvalue weighted by atomic mass is 19.1. The second kappa shape index (κ2) is 5.03. The van der Waals surface area contributed by atoms with Crippen LogP contribution in [0.3, 0.4) is 0 Å². The van der Waals surface area contributed by atoms with E-state index >= 15 is 0 Å². The summed E-state index contributed by atoms with van der Waals surface area (Å²) in [6, 6.07) is 4.98. The zero-order chi connectivity index (χ0) is 14.1. The van der Waals surface area contributed by atoms with Gasteiger partial charge < -0.3 is 10.6 Å². The lowest BCUT2D eigenvalue weighted by molar-refractivity contribution is 0.584. The number of anilines is 3. The van der Waals surface area contributed by atoms with Crippen molar-refractivity contribution in [2.75, 3.05) is 17.7 Å². The second-order valence-electron chi connectivity index (χ2n) is 4.80. The van der Waals surface area contributed by atoms with Gasteiger partial charge in [-0.05, 0) is 25.0 Å². The Labute approximate surface area is 115 Å². The Bertz CT molecular complexity index is 621. The van der Waals surface area contributed by atoms with Crippen LogP contribution in [-0.2, 0) is 0 Å². The lowest BCUT2D eigenvalue weighted by Crippen LogP contribution is -2.03. The van der Waals surface area contributed by atoms with E-state index in [1.807, 2.05) is 0 Å². The number of benzene rings is 1. The lowest BCUT2D eigenvalue weighted by atomic mass is 10.3. The van der Waals surface area contributed by atoms with Gasteiger partial charge in [-0.3, -0.25) is 0 Å². The van der Waals surface area contributed by atoms with Gasteiger partial charge in [0, 0.05) is 30.8 Å². The predicted molar refractivity (Wildman–Crippen MR) is 73.2 cm³/mol. The van der Waals surface area contributed by atoms with Crippen molar-refractivity contribution < 1.29 is 8.78 Å². The van der Waals surface area contributed by atoms with E-state index in [-0.39, 0.29) is 0 Å². The molecule has 0 atom stereocenters. The normalized spacial score (nSPS) is 14.2. The SMILES string of the molecule is CNc1cc(Nc2cc(F)cc(F)c2)nc(C2CC2)n1. The number of rotatable bonds is 4. The first-order valence-electron chi connectivity index (χ1n) is 6.44. The number of aromatic nitrogens is 2. The Morgan fingerprint density at radius 2 is 1.65 bits per heavy atom. The van der Waals surface area contributed by atoms with E-state index in [2.05, 4.69) is 20.6 Å². The Morgan fingerprint density at radius 1 is 1.00 bits per heavy atom. The van der Waals surface area contributed by atoms with E-state index in [0.29, 0.717) is 23.2 Å². The molecule has 2 aromatic rings. The molecule has 0 saturated heterocycles. The van der Waals surface area contributed by atoms with Gasteiger partial charge in [0.25, 0.3) is 0 Å². The van der Waals surface area contributed by atoms with Crippen LogP contribution in [0.25, 0.3) is 0 Å². The number of nitrogens with one attached hydrogen (secondary N) is 2. The van der Waals surface area contributed by atoms with Gasteiger partial charge in [-0.15, -0.1) is 0 Å². The highest BCUT2D eigenvalue weighted by Crippen LogP contribution is 2.39. The summed E-state index contributed by atoms with van der Waals surface area (Å²) < 4.78 is 26.3. The molecule has 1 aromatic carbocycles. The summed E-state index contributed by atoms with van der Waals surface area (Å²) in [7, 11) is 1.77. The average Bonchev–Trinajstić information content (AvgIpc) is 3.21. The minimum Gasteiger partial charge on any atom is -0.373 e. The van der Waals surface area contributed by atoms with Crippen LogP contribution in [0.4, 0.5) is 26.1 Å². The van der Waals surface area contributed by atoms with Crippen LogP contribution in [0.1, 0.15) is 24.6 Å². The van der Waals surface area contributed by atoms with Crippen LogP contribution in [0.5, 0.6) is 0 Å². The number of hydrogen-bond donors (Lipinski definition) is 2. The summed E-state index contributed by atoms with van der Waals surface area (Å²) in [5.41, 5.74) is 0.324. The van der Waals surface area contributed by atoms with E-state index in [1.165, 1.54) is 12.1 Å². The maximum atomic E-state index is 13.2. The van der Waals surface area contributed by atoms with Crippen LogP contribution in [0.2, 0.25) is 0 Å². The van der Waals surface area contributed by atoms with Crippen molar-refractivity contribution in [1.29, 1.82) is 0 Å². The molecule has 1 aliphatic carbocycles. The Hall–Kier alpha value is -2.24. The molecule has 0 unspecified atom stereocenters. The molecule has 0 amide bonds. The molecule has 1 aliphatic rings. The molecule has 6 heteroatoms. The maximum Gasteiger partial charge on any atom is 0.136 e. The van der Waals surface area contributed by atoms with Gasteiger partial charge in [0.15, 0.2) is 0 Å². The molecule has 104 valence electrons. The molecule has 20 heavy (non-hydrogen) atoms. The van der Waals surface area contributed by atoms with E-state index in [4.69, 9.17) is 0 Å². The molecule has 0 spiro atoms. The van der Waals surface area contributed by atoms with Crippen LogP contribution in [0, 0.1) is 11.6 Å². The van der Waals surface area contributed by atoms with Crippen LogP contribution >= 0.6 is 0 Å². The molecule has 1 fully saturated rings. The quantitative estimate of drug-likeness (QED) is 0.898. The molecule has 1 saturated carbocycles. The molecular formula is C14H14F2N4. The Balaban J connectivity index is 1.90. The summed E-state index contributed by atoms with van der Waals surface area (Å²) in [4.78, 5) is 8.77. The maximum absolute atomic E-state index is 13.2. The van der Waals surface area contributed by atoms with Crippen molar-refractivity contribution in [2.24, 2.45) is 0 Å². The standard InChI is InChI=1S/C14H14F2N4/c1-17-12-7-13(20-14(19-12)8-2-3-8)18-11-5-9(15)4-10(16)6-11/h4-8H,2-3H2,1H3,(H2,17,18,19,20). The summed E-state index contributed by atoms with van der Waals surface area (Å²) in [5.74, 6) is 1.11. The minimum atomic E-state index is -0.627. The van der Waals surface area contributed by atoms with Gasteiger partial charge in [0.05, 0.1) is 0 Å². The van der Waals surface area contributed by atoms with Crippen molar-refractivity contribution >= 4 is 17.3 Å². The summed E-state index contributed by atoms with van der Waals surface area (Å²) >= 11 is 0. The average molecular weight is 276 g/mol. The van der Waals surface area contributed by atoms with Crippen molar-refractivity contribution in [3.8, 4) is 0 Å². The van der Waals surface area contributed by atoms with Gasteiger partial charge in [-0.1, -0.05) is 0 Å². The first-order chi connectivity index (χ1) is 9.64. The molecule has 4 nitrogen and oxygen atoms in total. The van der Waals surface area contributed by atoms with Gasteiger partial charge in [-0.2, -0.15) is 0 Å². The van der Waals surface area contributed by atoms with Crippen molar-refractivity contribution in [3.05, 3.63) is 41.7 Å². The zero-order valence-corrected chi connectivity index (χ0v) is 11.0. The first kappa shape index (κ1) is 12.8. The topological polar surface area (TPSA) is 49.8 Å². The van der Waals surface area contributed by atoms with E-state index < -0.39 is 11.6 Å². The Morgan fingerprint density at radius 3 is 2.25 bits per heavy atom. The number of hydrogen-bond acceptors (Lipinski definition) is 4.